The van der Waals surface area contributed by atoms with E-state index in [0.29, 0.717) is 24.5 Å². The fraction of sp³-hybridized carbons (Fsp3) is 0.462. The van der Waals surface area contributed by atoms with Crippen LogP contribution in [-0.2, 0) is 9.53 Å². The molecule has 3 N–H and O–H groups in total. The van der Waals surface area contributed by atoms with Crippen molar-refractivity contribution in [3.63, 3.8) is 0 Å². The largest absolute Gasteiger partial charge is 0.491 e. The second-order valence-corrected chi connectivity index (χ2v) is 4.02. The SMILES string of the molecule is COCCOc1ccc(C(O)C(O)CC(=O)O)cc1. The number of carboxylic acids is 1. The van der Waals surface area contributed by atoms with E-state index in [1.807, 2.05) is 0 Å². The van der Waals surface area contributed by atoms with Crippen molar-refractivity contribution in [2.75, 3.05) is 20.3 Å². The molecule has 0 aliphatic rings. The van der Waals surface area contributed by atoms with Gasteiger partial charge in [0, 0.05) is 7.11 Å². The third-order valence-corrected chi connectivity index (χ3v) is 2.53. The molecule has 0 saturated heterocycles. The quantitative estimate of drug-likeness (QED) is 0.598. The summed E-state index contributed by atoms with van der Waals surface area (Å²) in [7, 11) is 1.58. The molecule has 0 heterocycles. The van der Waals surface area contributed by atoms with E-state index in [9.17, 15) is 15.0 Å². The highest BCUT2D eigenvalue weighted by Crippen LogP contribution is 2.21. The number of ether oxygens (including phenoxy) is 2. The van der Waals surface area contributed by atoms with E-state index in [-0.39, 0.29) is 0 Å². The van der Waals surface area contributed by atoms with E-state index in [2.05, 4.69) is 0 Å². The van der Waals surface area contributed by atoms with Gasteiger partial charge in [-0.1, -0.05) is 12.1 Å². The Kier molecular flexibility index (Phi) is 6.27. The Morgan fingerprint density at radius 3 is 2.37 bits per heavy atom. The Balaban J connectivity index is 2.57. The van der Waals surface area contributed by atoms with E-state index >= 15 is 0 Å². The van der Waals surface area contributed by atoms with Crippen molar-refractivity contribution in [2.24, 2.45) is 0 Å². The second-order valence-electron chi connectivity index (χ2n) is 4.02. The lowest BCUT2D eigenvalue weighted by Crippen LogP contribution is -2.21. The first kappa shape index (κ1) is 15.4. The summed E-state index contributed by atoms with van der Waals surface area (Å²) in [5.41, 5.74) is 0.438. The lowest BCUT2D eigenvalue weighted by atomic mass is 10.0. The molecule has 19 heavy (non-hydrogen) atoms. The van der Waals surface area contributed by atoms with Crippen LogP contribution in [0.2, 0.25) is 0 Å². The number of hydrogen-bond donors (Lipinski definition) is 3. The van der Waals surface area contributed by atoms with Gasteiger partial charge in [-0.05, 0) is 17.7 Å². The molecule has 6 heteroatoms. The number of hydrogen-bond acceptors (Lipinski definition) is 5. The fourth-order valence-corrected chi connectivity index (χ4v) is 1.52. The Labute approximate surface area is 111 Å². The van der Waals surface area contributed by atoms with Crippen LogP contribution in [0.4, 0.5) is 0 Å². The van der Waals surface area contributed by atoms with Gasteiger partial charge in [0.1, 0.15) is 18.5 Å². The summed E-state index contributed by atoms with van der Waals surface area (Å²) < 4.78 is 10.2. The molecule has 0 amide bonds. The monoisotopic (exact) mass is 270 g/mol. The first-order valence-electron chi connectivity index (χ1n) is 5.84. The summed E-state index contributed by atoms with van der Waals surface area (Å²) in [5, 5.41) is 27.8. The lowest BCUT2D eigenvalue weighted by molar-refractivity contribution is -0.141. The van der Waals surface area contributed by atoms with Crippen molar-refractivity contribution in [1.29, 1.82) is 0 Å². The molecule has 0 bridgehead atoms. The van der Waals surface area contributed by atoms with Gasteiger partial charge in [-0.15, -0.1) is 0 Å². The number of methoxy groups -OCH3 is 1. The zero-order valence-corrected chi connectivity index (χ0v) is 10.7. The minimum absolute atomic E-state index is 0.417. The van der Waals surface area contributed by atoms with Gasteiger partial charge in [0.25, 0.3) is 0 Å². The van der Waals surface area contributed by atoms with Crippen LogP contribution in [-0.4, -0.2) is 47.7 Å². The summed E-state index contributed by atoms with van der Waals surface area (Å²) in [4.78, 5) is 10.4. The van der Waals surface area contributed by atoms with E-state index < -0.39 is 24.6 Å². The number of rotatable bonds is 8. The van der Waals surface area contributed by atoms with Gasteiger partial charge in [-0.3, -0.25) is 4.79 Å². The van der Waals surface area contributed by atoms with Crippen molar-refractivity contribution in [2.45, 2.75) is 18.6 Å². The lowest BCUT2D eigenvalue weighted by Gasteiger charge is -2.16. The highest BCUT2D eigenvalue weighted by atomic mass is 16.5. The first-order chi connectivity index (χ1) is 9.04. The number of carboxylic acid groups (broad SMARTS) is 1. The third kappa shape index (κ3) is 5.25. The maximum atomic E-state index is 10.4. The molecule has 1 rings (SSSR count). The molecule has 0 aliphatic carbocycles. The predicted molar refractivity (Wildman–Crippen MR) is 67.0 cm³/mol. The van der Waals surface area contributed by atoms with Gasteiger partial charge in [0.15, 0.2) is 0 Å². The van der Waals surface area contributed by atoms with Gasteiger partial charge in [-0.2, -0.15) is 0 Å². The van der Waals surface area contributed by atoms with Crippen LogP contribution in [0.5, 0.6) is 5.75 Å². The van der Waals surface area contributed by atoms with Crippen molar-refractivity contribution in [3.05, 3.63) is 29.8 Å². The zero-order chi connectivity index (χ0) is 14.3. The fourth-order valence-electron chi connectivity index (χ4n) is 1.52. The van der Waals surface area contributed by atoms with Gasteiger partial charge in [0.05, 0.1) is 19.1 Å². The highest BCUT2D eigenvalue weighted by molar-refractivity contribution is 5.67. The van der Waals surface area contributed by atoms with Gasteiger partial charge in [-0.25, -0.2) is 0 Å². The van der Waals surface area contributed by atoms with E-state index in [1.165, 1.54) is 0 Å². The Morgan fingerprint density at radius 2 is 1.84 bits per heavy atom. The zero-order valence-electron chi connectivity index (χ0n) is 10.7. The summed E-state index contributed by atoms with van der Waals surface area (Å²) in [6.45, 7) is 0.891. The molecule has 0 aliphatic heterocycles. The van der Waals surface area contributed by atoms with Crippen molar-refractivity contribution >= 4 is 5.97 Å². The van der Waals surface area contributed by atoms with Gasteiger partial charge < -0.3 is 24.8 Å². The van der Waals surface area contributed by atoms with Crippen LogP contribution < -0.4 is 4.74 Å². The maximum Gasteiger partial charge on any atom is 0.306 e. The van der Waals surface area contributed by atoms with Crippen LogP contribution in [0.3, 0.4) is 0 Å². The third-order valence-electron chi connectivity index (χ3n) is 2.53. The molecule has 1 aromatic rings. The molecule has 0 saturated carbocycles. The number of benzene rings is 1. The number of aliphatic hydroxyl groups is 2. The second kappa shape index (κ2) is 7.73. The Hall–Kier alpha value is -1.63. The molecular weight excluding hydrogens is 252 g/mol. The standard InChI is InChI=1S/C13H18O6/c1-18-6-7-19-10-4-2-9(3-5-10)13(17)11(14)8-12(15)16/h2-5,11,13-14,17H,6-8H2,1H3,(H,15,16). The van der Waals surface area contributed by atoms with Gasteiger partial charge in [0.2, 0.25) is 0 Å². The summed E-state index contributed by atoms with van der Waals surface area (Å²) in [5.74, 6) is -0.549. The van der Waals surface area contributed by atoms with Crippen molar-refractivity contribution in [3.8, 4) is 5.75 Å². The summed E-state index contributed by atoms with van der Waals surface area (Å²) >= 11 is 0. The summed E-state index contributed by atoms with van der Waals surface area (Å²) in [6, 6.07) is 6.44. The van der Waals surface area contributed by atoms with Crippen LogP contribution in [0.1, 0.15) is 18.1 Å². The number of aliphatic hydroxyl groups excluding tert-OH is 2. The minimum Gasteiger partial charge on any atom is -0.491 e. The van der Waals surface area contributed by atoms with E-state index in [0.717, 1.165) is 0 Å². The first-order valence-corrected chi connectivity index (χ1v) is 5.84. The van der Waals surface area contributed by atoms with Crippen LogP contribution in [0.15, 0.2) is 24.3 Å². The smallest absolute Gasteiger partial charge is 0.306 e. The highest BCUT2D eigenvalue weighted by Gasteiger charge is 2.20. The predicted octanol–water partition coefficient (Wildman–Crippen LogP) is 0.581. The molecule has 1 aromatic carbocycles. The van der Waals surface area contributed by atoms with Crippen LogP contribution >= 0.6 is 0 Å². The molecule has 6 nitrogen and oxygen atoms in total. The van der Waals surface area contributed by atoms with Crippen LogP contribution in [0.25, 0.3) is 0 Å². The molecule has 2 unspecified atom stereocenters. The van der Waals surface area contributed by atoms with E-state index in [4.69, 9.17) is 14.6 Å². The van der Waals surface area contributed by atoms with E-state index in [1.54, 1.807) is 31.4 Å². The Morgan fingerprint density at radius 1 is 1.21 bits per heavy atom. The molecule has 2 atom stereocenters. The van der Waals surface area contributed by atoms with Gasteiger partial charge >= 0.3 is 5.97 Å². The molecule has 106 valence electrons. The average Bonchev–Trinajstić information content (AvgIpc) is 2.38. The Bertz CT molecular complexity index is 389. The average molecular weight is 270 g/mol. The summed E-state index contributed by atoms with van der Waals surface area (Å²) in [6.07, 6.45) is -3.07. The molecule has 0 aromatic heterocycles. The minimum atomic E-state index is -1.34. The maximum absolute atomic E-state index is 10.4. The topological polar surface area (TPSA) is 96.2 Å². The molecule has 0 radical (unpaired) electrons. The molecule has 0 fully saturated rings. The van der Waals surface area contributed by atoms with Crippen LogP contribution in [0, 0.1) is 0 Å². The molecular formula is C13H18O6. The van der Waals surface area contributed by atoms with Crippen molar-refractivity contribution < 1.29 is 29.6 Å². The number of carbonyl (C=O) groups is 1. The normalized spacial score (nSPS) is 13.8. The number of aliphatic carboxylic acids is 1. The molecule has 0 spiro atoms. The van der Waals surface area contributed by atoms with Crippen molar-refractivity contribution in [1.82, 2.24) is 0 Å².